The Morgan fingerprint density at radius 3 is 2.43 bits per heavy atom. The first-order valence-corrected chi connectivity index (χ1v) is 8.08. The minimum Gasteiger partial charge on any atom is -0.497 e. The van der Waals surface area contributed by atoms with Crippen molar-refractivity contribution in [1.82, 2.24) is 9.55 Å². The molecule has 0 atom stereocenters. The minimum atomic E-state index is -0.852. The van der Waals surface area contributed by atoms with Crippen molar-refractivity contribution in [3.05, 3.63) is 80.9 Å². The quantitative estimate of drug-likeness (QED) is 0.699. The van der Waals surface area contributed by atoms with Crippen LogP contribution in [0.3, 0.4) is 0 Å². The SMILES string of the molecule is COc1ccc(OC)c(NC(=O)c2c[nH]c(=O)n(-c3ccc(F)cc3)c2=O)c1. The van der Waals surface area contributed by atoms with E-state index in [1.54, 1.807) is 12.1 Å². The standard InChI is InChI=1S/C19H16FN3O5/c1-27-13-7-8-16(28-2)15(9-13)22-17(24)14-10-21-19(26)23(18(14)25)12-5-3-11(20)4-6-12/h3-10H,1-2H3,(H,21,26)(H,22,24). The number of nitrogens with zero attached hydrogens (tertiary/aromatic N) is 1. The summed E-state index contributed by atoms with van der Waals surface area (Å²) < 4.78 is 24.2. The number of halogens is 1. The van der Waals surface area contributed by atoms with Gasteiger partial charge in [-0.3, -0.25) is 9.59 Å². The summed E-state index contributed by atoms with van der Waals surface area (Å²) in [4.78, 5) is 39.8. The Bertz CT molecular complexity index is 1140. The number of carbonyl (C=O) groups excluding carboxylic acids is 1. The van der Waals surface area contributed by atoms with Crippen LogP contribution in [0.25, 0.3) is 5.69 Å². The fourth-order valence-corrected chi connectivity index (χ4v) is 2.56. The molecule has 0 aliphatic rings. The highest BCUT2D eigenvalue weighted by atomic mass is 19.1. The van der Waals surface area contributed by atoms with Crippen molar-refractivity contribution in [3.63, 3.8) is 0 Å². The van der Waals surface area contributed by atoms with E-state index in [-0.39, 0.29) is 16.9 Å². The van der Waals surface area contributed by atoms with Crippen molar-refractivity contribution in [1.29, 1.82) is 0 Å². The van der Waals surface area contributed by atoms with E-state index in [2.05, 4.69) is 10.3 Å². The van der Waals surface area contributed by atoms with Gasteiger partial charge in [-0.2, -0.15) is 0 Å². The Hall–Kier alpha value is -3.88. The van der Waals surface area contributed by atoms with E-state index in [9.17, 15) is 18.8 Å². The molecule has 0 bridgehead atoms. The zero-order chi connectivity index (χ0) is 20.3. The van der Waals surface area contributed by atoms with Crippen LogP contribution in [0.4, 0.5) is 10.1 Å². The third-order valence-corrected chi connectivity index (χ3v) is 3.96. The third kappa shape index (κ3) is 3.63. The maximum absolute atomic E-state index is 13.1. The van der Waals surface area contributed by atoms with Crippen LogP contribution < -0.4 is 26.0 Å². The Balaban J connectivity index is 2.02. The van der Waals surface area contributed by atoms with Crippen molar-refractivity contribution < 1.29 is 18.7 Å². The van der Waals surface area contributed by atoms with Gasteiger partial charge in [0, 0.05) is 12.3 Å². The number of rotatable bonds is 5. The topological polar surface area (TPSA) is 102 Å². The molecule has 0 saturated heterocycles. The van der Waals surface area contributed by atoms with Crippen LogP contribution in [0, 0.1) is 5.82 Å². The number of amides is 1. The molecule has 144 valence electrons. The molecule has 0 unspecified atom stereocenters. The van der Waals surface area contributed by atoms with Gasteiger partial charge in [-0.1, -0.05) is 0 Å². The molecule has 2 aromatic carbocycles. The summed E-state index contributed by atoms with van der Waals surface area (Å²) in [5.74, 6) is -0.449. The molecule has 1 amide bonds. The number of H-pyrrole nitrogens is 1. The molecule has 3 aromatic rings. The highest BCUT2D eigenvalue weighted by molar-refractivity contribution is 6.04. The van der Waals surface area contributed by atoms with Crippen LogP contribution in [0.2, 0.25) is 0 Å². The highest BCUT2D eigenvalue weighted by Gasteiger charge is 2.18. The minimum absolute atomic E-state index is 0.126. The Morgan fingerprint density at radius 1 is 1.07 bits per heavy atom. The first kappa shape index (κ1) is 18.9. The van der Waals surface area contributed by atoms with Gasteiger partial charge in [0.2, 0.25) is 0 Å². The van der Waals surface area contributed by atoms with Gasteiger partial charge in [-0.05, 0) is 36.4 Å². The van der Waals surface area contributed by atoms with E-state index in [4.69, 9.17) is 9.47 Å². The summed E-state index contributed by atoms with van der Waals surface area (Å²) >= 11 is 0. The average Bonchev–Trinajstić information content (AvgIpc) is 2.69. The number of ether oxygens (including phenoxy) is 2. The second-order valence-corrected chi connectivity index (χ2v) is 5.64. The number of anilines is 1. The zero-order valence-electron chi connectivity index (χ0n) is 15.0. The van der Waals surface area contributed by atoms with Crippen LogP contribution in [-0.4, -0.2) is 29.7 Å². The molecule has 0 fully saturated rings. The van der Waals surface area contributed by atoms with Gasteiger partial charge in [-0.15, -0.1) is 0 Å². The molecule has 0 spiro atoms. The van der Waals surface area contributed by atoms with Crippen molar-refractivity contribution in [2.24, 2.45) is 0 Å². The van der Waals surface area contributed by atoms with Gasteiger partial charge in [0.15, 0.2) is 0 Å². The molecule has 0 aliphatic carbocycles. The maximum atomic E-state index is 13.1. The smallest absolute Gasteiger partial charge is 0.333 e. The summed E-state index contributed by atoms with van der Waals surface area (Å²) in [6.45, 7) is 0. The van der Waals surface area contributed by atoms with Crippen molar-refractivity contribution in [2.75, 3.05) is 19.5 Å². The van der Waals surface area contributed by atoms with Crippen LogP contribution >= 0.6 is 0 Å². The number of hydrogen-bond acceptors (Lipinski definition) is 5. The molecule has 0 aliphatic heterocycles. The molecule has 8 nitrogen and oxygen atoms in total. The molecule has 28 heavy (non-hydrogen) atoms. The number of hydrogen-bond donors (Lipinski definition) is 2. The predicted molar refractivity (Wildman–Crippen MR) is 100 cm³/mol. The Kier molecular flexibility index (Phi) is 5.25. The first-order chi connectivity index (χ1) is 13.4. The third-order valence-electron chi connectivity index (χ3n) is 3.96. The molecule has 0 saturated carbocycles. The van der Waals surface area contributed by atoms with Crippen molar-refractivity contribution in [2.45, 2.75) is 0 Å². The first-order valence-electron chi connectivity index (χ1n) is 8.08. The molecule has 1 heterocycles. The number of aromatic nitrogens is 2. The number of benzene rings is 2. The molecular weight excluding hydrogens is 369 g/mol. The lowest BCUT2D eigenvalue weighted by atomic mass is 10.2. The molecule has 1 aromatic heterocycles. The summed E-state index contributed by atoms with van der Waals surface area (Å²) in [5.41, 5.74) is -1.51. The predicted octanol–water partition coefficient (Wildman–Crippen LogP) is 1.93. The molecule has 9 heteroatoms. The van der Waals surface area contributed by atoms with Gasteiger partial charge < -0.3 is 19.8 Å². The monoisotopic (exact) mass is 385 g/mol. The maximum Gasteiger partial charge on any atom is 0.333 e. The average molecular weight is 385 g/mol. The second kappa shape index (κ2) is 7.78. The Labute approximate surface area is 158 Å². The summed E-state index contributed by atoms with van der Waals surface area (Å²) in [6, 6.07) is 9.51. The van der Waals surface area contributed by atoms with Crippen LogP contribution in [0.1, 0.15) is 10.4 Å². The summed E-state index contributed by atoms with van der Waals surface area (Å²) in [5, 5.41) is 2.56. The van der Waals surface area contributed by atoms with Gasteiger partial charge in [0.05, 0.1) is 25.6 Å². The molecular formula is C19H16FN3O5. The van der Waals surface area contributed by atoms with Crippen molar-refractivity contribution in [3.8, 4) is 17.2 Å². The molecule has 3 rings (SSSR count). The number of carbonyl (C=O) groups is 1. The lowest BCUT2D eigenvalue weighted by Crippen LogP contribution is -2.38. The van der Waals surface area contributed by atoms with E-state index < -0.39 is 23.0 Å². The lowest BCUT2D eigenvalue weighted by molar-refractivity contribution is 0.102. The van der Waals surface area contributed by atoms with Crippen LogP contribution in [0.15, 0.2) is 58.3 Å². The van der Waals surface area contributed by atoms with E-state index in [1.807, 2.05) is 0 Å². The normalized spacial score (nSPS) is 10.4. The van der Waals surface area contributed by atoms with E-state index in [1.165, 1.54) is 32.4 Å². The van der Waals surface area contributed by atoms with E-state index in [0.717, 1.165) is 22.9 Å². The Morgan fingerprint density at radius 2 is 1.79 bits per heavy atom. The molecule has 2 N–H and O–H groups in total. The highest BCUT2D eigenvalue weighted by Crippen LogP contribution is 2.29. The van der Waals surface area contributed by atoms with Gasteiger partial charge >= 0.3 is 5.69 Å². The lowest BCUT2D eigenvalue weighted by Gasteiger charge is -2.12. The summed E-state index contributed by atoms with van der Waals surface area (Å²) in [6.07, 6.45) is 1.02. The van der Waals surface area contributed by atoms with Crippen LogP contribution in [-0.2, 0) is 0 Å². The van der Waals surface area contributed by atoms with E-state index >= 15 is 0 Å². The zero-order valence-corrected chi connectivity index (χ0v) is 15.0. The van der Waals surface area contributed by atoms with Crippen molar-refractivity contribution >= 4 is 11.6 Å². The second-order valence-electron chi connectivity index (χ2n) is 5.64. The number of methoxy groups -OCH3 is 2. The fourth-order valence-electron chi connectivity index (χ4n) is 2.56. The van der Waals surface area contributed by atoms with Gasteiger partial charge in [0.1, 0.15) is 22.9 Å². The van der Waals surface area contributed by atoms with Gasteiger partial charge in [0.25, 0.3) is 11.5 Å². The fraction of sp³-hybridized carbons (Fsp3) is 0.105. The van der Waals surface area contributed by atoms with E-state index in [0.29, 0.717) is 11.5 Å². The molecule has 0 radical (unpaired) electrons. The number of aromatic amines is 1. The number of nitrogens with one attached hydrogen (secondary N) is 2. The summed E-state index contributed by atoms with van der Waals surface area (Å²) in [7, 11) is 2.90. The van der Waals surface area contributed by atoms with Gasteiger partial charge in [-0.25, -0.2) is 13.8 Å². The largest absolute Gasteiger partial charge is 0.497 e. The van der Waals surface area contributed by atoms with Crippen LogP contribution in [0.5, 0.6) is 11.5 Å².